The van der Waals surface area contributed by atoms with Gasteiger partial charge in [0.2, 0.25) is 0 Å². The Morgan fingerprint density at radius 3 is 2.26 bits per heavy atom. The number of aryl methyl sites for hydroxylation is 1. The largest absolute Gasteiger partial charge is 0.316 e. The Hall–Kier alpha value is -2.04. The lowest BCUT2D eigenvalue weighted by Gasteiger charge is -2.21. The van der Waals surface area contributed by atoms with E-state index in [1.54, 1.807) is 31.2 Å². The Labute approximate surface area is 145 Å². The van der Waals surface area contributed by atoms with Crippen LogP contribution in [0, 0.1) is 6.92 Å². The fourth-order valence-corrected chi connectivity index (χ4v) is 2.64. The van der Waals surface area contributed by atoms with Crippen molar-refractivity contribution in [3.05, 3.63) is 58.1 Å². The van der Waals surface area contributed by atoms with Crippen molar-refractivity contribution in [1.29, 1.82) is 0 Å². The molecule has 2 aromatic rings. The molecule has 1 N–H and O–H groups in total. The van der Waals surface area contributed by atoms with E-state index in [4.69, 9.17) is 23.2 Å². The summed E-state index contributed by atoms with van der Waals surface area (Å²) >= 11 is 12.0. The smallest absolute Gasteiger partial charge is 0.315 e. The van der Waals surface area contributed by atoms with Crippen molar-refractivity contribution < 1.29 is 9.59 Å². The second-order valence-corrected chi connectivity index (χ2v) is 5.75. The Morgan fingerprint density at radius 2 is 1.70 bits per heavy atom. The highest BCUT2D eigenvalue weighted by atomic mass is 35.5. The van der Waals surface area contributed by atoms with E-state index in [9.17, 15) is 9.59 Å². The van der Waals surface area contributed by atoms with Crippen LogP contribution in [0.3, 0.4) is 0 Å². The predicted molar refractivity (Wildman–Crippen MR) is 94.3 cm³/mol. The van der Waals surface area contributed by atoms with Gasteiger partial charge < -0.3 is 10.2 Å². The van der Waals surface area contributed by atoms with E-state index in [0.29, 0.717) is 12.2 Å². The molecule has 0 spiro atoms. The van der Waals surface area contributed by atoms with Crippen LogP contribution in [0.2, 0.25) is 10.0 Å². The first-order valence-corrected chi connectivity index (χ1v) is 7.83. The normalized spacial score (nSPS) is 10.3. The SMILES string of the molecule is CCN(C(=O)C(=O)Nc1c(Cl)cccc1Cl)c1cccc(C)c1. The lowest BCUT2D eigenvalue weighted by atomic mass is 10.2. The number of carbonyl (C=O) groups is 2. The highest BCUT2D eigenvalue weighted by molar-refractivity contribution is 6.47. The maximum absolute atomic E-state index is 12.4. The molecule has 0 radical (unpaired) electrons. The molecule has 0 aromatic heterocycles. The first kappa shape index (κ1) is 17.3. The Bertz CT molecular complexity index is 727. The number of anilines is 2. The zero-order valence-electron chi connectivity index (χ0n) is 12.8. The van der Waals surface area contributed by atoms with Crippen molar-refractivity contribution in [3.63, 3.8) is 0 Å². The first-order valence-electron chi connectivity index (χ1n) is 7.07. The third kappa shape index (κ3) is 4.03. The first-order chi connectivity index (χ1) is 10.9. The van der Waals surface area contributed by atoms with Gasteiger partial charge in [0, 0.05) is 12.2 Å². The van der Waals surface area contributed by atoms with Crippen LogP contribution in [0.15, 0.2) is 42.5 Å². The van der Waals surface area contributed by atoms with E-state index in [1.807, 2.05) is 25.1 Å². The van der Waals surface area contributed by atoms with Gasteiger partial charge in [0.15, 0.2) is 0 Å². The minimum atomic E-state index is -0.789. The minimum Gasteiger partial charge on any atom is -0.315 e. The second-order valence-electron chi connectivity index (χ2n) is 4.94. The van der Waals surface area contributed by atoms with Crippen molar-refractivity contribution in [2.24, 2.45) is 0 Å². The number of benzene rings is 2. The number of nitrogens with one attached hydrogen (secondary N) is 1. The van der Waals surface area contributed by atoms with E-state index >= 15 is 0 Å². The van der Waals surface area contributed by atoms with E-state index in [2.05, 4.69) is 5.32 Å². The molecular formula is C17H16Cl2N2O2. The number of likely N-dealkylation sites (N-methyl/N-ethyl adjacent to an activating group) is 1. The van der Waals surface area contributed by atoms with Crippen LogP contribution >= 0.6 is 23.2 Å². The molecule has 0 saturated heterocycles. The summed E-state index contributed by atoms with van der Waals surface area (Å²) in [6, 6.07) is 12.2. The summed E-state index contributed by atoms with van der Waals surface area (Å²) in [6.07, 6.45) is 0. The maximum atomic E-state index is 12.4. The van der Waals surface area contributed by atoms with Gasteiger partial charge in [-0.05, 0) is 43.7 Å². The monoisotopic (exact) mass is 350 g/mol. The molecular weight excluding hydrogens is 335 g/mol. The molecule has 0 unspecified atom stereocenters. The summed E-state index contributed by atoms with van der Waals surface area (Å²) in [5, 5.41) is 3.03. The quantitative estimate of drug-likeness (QED) is 0.839. The average molecular weight is 351 g/mol. The van der Waals surface area contributed by atoms with E-state index < -0.39 is 11.8 Å². The number of halogens is 2. The number of para-hydroxylation sites is 1. The van der Waals surface area contributed by atoms with Gasteiger partial charge in [0.1, 0.15) is 0 Å². The maximum Gasteiger partial charge on any atom is 0.316 e. The van der Waals surface area contributed by atoms with Crippen LogP contribution in [0.5, 0.6) is 0 Å². The molecule has 120 valence electrons. The molecule has 2 aromatic carbocycles. The summed E-state index contributed by atoms with van der Waals surface area (Å²) in [5.41, 5.74) is 1.90. The van der Waals surface area contributed by atoms with E-state index in [0.717, 1.165) is 5.56 Å². The predicted octanol–water partition coefficient (Wildman–Crippen LogP) is 4.29. The number of hydrogen-bond donors (Lipinski definition) is 1. The van der Waals surface area contributed by atoms with Gasteiger partial charge in [0.05, 0.1) is 15.7 Å². The van der Waals surface area contributed by atoms with E-state index in [1.165, 1.54) is 4.90 Å². The third-order valence-corrected chi connectivity index (χ3v) is 3.90. The van der Waals surface area contributed by atoms with Gasteiger partial charge in [-0.1, -0.05) is 41.4 Å². The standard InChI is InChI=1S/C17H16Cl2N2O2/c1-3-21(12-7-4-6-11(2)10-12)17(23)16(22)20-15-13(18)8-5-9-14(15)19/h4-10H,3H2,1-2H3,(H,20,22). The Kier molecular flexibility index (Phi) is 5.64. The molecule has 0 aliphatic heterocycles. The molecule has 0 bridgehead atoms. The van der Waals surface area contributed by atoms with Crippen LogP contribution in [0.4, 0.5) is 11.4 Å². The topological polar surface area (TPSA) is 49.4 Å². The van der Waals surface area contributed by atoms with Crippen LogP contribution < -0.4 is 10.2 Å². The second kappa shape index (κ2) is 7.49. The van der Waals surface area contributed by atoms with Gasteiger partial charge in [-0.15, -0.1) is 0 Å². The molecule has 4 nitrogen and oxygen atoms in total. The molecule has 2 rings (SSSR count). The van der Waals surface area contributed by atoms with Crippen molar-refractivity contribution >= 4 is 46.4 Å². The summed E-state index contributed by atoms with van der Waals surface area (Å²) < 4.78 is 0. The fraction of sp³-hybridized carbons (Fsp3) is 0.176. The van der Waals surface area contributed by atoms with Crippen LogP contribution in [0.25, 0.3) is 0 Å². The zero-order valence-corrected chi connectivity index (χ0v) is 14.3. The molecule has 0 saturated carbocycles. The summed E-state index contributed by atoms with van der Waals surface area (Å²) in [4.78, 5) is 26.1. The van der Waals surface area contributed by atoms with Crippen LogP contribution in [0.1, 0.15) is 12.5 Å². The summed E-state index contributed by atoms with van der Waals surface area (Å²) in [7, 11) is 0. The molecule has 2 amide bonds. The number of carbonyl (C=O) groups excluding carboxylic acids is 2. The lowest BCUT2D eigenvalue weighted by molar-refractivity contribution is -0.134. The van der Waals surface area contributed by atoms with Gasteiger partial charge >= 0.3 is 11.8 Å². The molecule has 0 aliphatic carbocycles. The molecule has 0 aliphatic rings. The number of hydrogen-bond acceptors (Lipinski definition) is 2. The minimum absolute atomic E-state index is 0.231. The highest BCUT2D eigenvalue weighted by Crippen LogP contribution is 2.29. The zero-order chi connectivity index (χ0) is 17.0. The van der Waals surface area contributed by atoms with E-state index in [-0.39, 0.29) is 15.7 Å². The Balaban J connectivity index is 2.22. The van der Waals surface area contributed by atoms with Gasteiger partial charge in [-0.3, -0.25) is 9.59 Å². The third-order valence-electron chi connectivity index (χ3n) is 3.27. The number of nitrogens with zero attached hydrogens (tertiary/aromatic N) is 1. The van der Waals surface area contributed by atoms with Crippen molar-refractivity contribution in [2.75, 3.05) is 16.8 Å². The molecule has 6 heteroatoms. The van der Waals surface area contributed by atoms with Crippen LogP contribution in [-0.4, -0.2) is 18.4 Å². The summed E-state index contributed by atoms with van der Waals surface area (Å²) in [5.74, 6) is -1.46. The molecule has 0 atom stereocenters. The molecule has 23 heavy (non-hydrogen) atoms. The number of rotatable bonds is 3. The fourth-order valence-electron chi connectivity index (χ4n) is 2.15. The summed E-state index contributed by atoms with van der Waals surface area (Å²) in [6.45, 7) is 4.09. The lowest BCUT2D eigenvalue weighted by Crippen LogP contribution is -2.39. The van der Waals surface area contributed by atoms with Crippen molar-refractivity contribution in [1.82, 2.24) is 0 Å². The van der Waals surface area contributed by atoms with Gasteiger partial charge in [-0.25, -0.2) is 0 Å². The molecule has 0 heterocycles. The molecule has 0 fully saturated rings. The van der Waals surface area contributed by atoms with Crippen LogP contribution in [-0.2, 0) is 9.59 Å². The number of amides is 2. The van der Waals surface area contributed by atoms with Gasteiger partial charge in [-0.2, -0.15) is 0 Å². The van der Waals surface area contributed by atoms with Gasteiger partial charge in [0.25, 0.3) is 0 Å². The highest BCUT2D eigenvalue weighted by Gasteiger charge is 2.23. The van der Waals surface area contributed by atoms with Crippen molar-refractivity contribution in [2.45, 2.75) is 13.8 Å². The Morgan fingerprint density at radius 1 is 1.09 bits per heavy atom. The average Bonchev–Trinajstić information content (AvgIpc) is 2.51. The van der Waals surface area contributed by atoms with Crippen molar-refractivity contribution in [3.8, 4) is 0 Å².